The minimum absolute atomic E-state index is 0.0940. The number of ether oxygens (including phenoxy) is 1. The fourth-order valence-electron chi connectivity index (χ4n) is 1.54. The van der Waals surface area contributed by atoms with Crippen molar-refractivity contribution in [1.29, 1.82) is 0 Å². The van der Waals surface area contributed by atoms with E-state index in [0.29, 0.717) is 0 Å². The molecule has 21 heavy (non-hydrogen) atoms. The summed E-state index contributed by atoms with van der Waals surface area (Å²) in [4.78, 5) is 10.2. The van der Waals surface area contributed by atoms with E-state index in [9.17, 15) is 26.4 Å². The molecule has 5 nitrogen and oxygen atoms in total. The lowest BCUT2D eigenvalue weighted by atomic mass is 10.1. The molecule has 0 atom stereocenters. The number of sulfone groups is 1. The van der Waals surface area contributed by atoms with Crippen molar-refractivity contribution < 1.29 is 36.2 Å². The van der Waals surface area contributed by atoms with Crippen molar-refractivity contribution in [2.75, 3.05) is 0 Å². The molecule has 0 aromatic heterocycles. The molecule has 1 aromatic rings. The van der Waals surface area contributed by atoms with Gasteiger partial charge >= 0.3 is 12.3 Å². The predicted octanol–water partition coefficient (Wildman–Crippen LogP) is 2.39. The van der Waals surface area contributed by atoms with Crippen LogP contribution < -0.4 is 4.74 Å². The summed E-state index contributed by atoms with van der Waals surface area (Å²) in [6.07, 6.45) is -5.61. The standard InChI is InChI=1S/C12H13F3O5S/c1-7(2)21(18,19)10-4-8(5-11(16)17)3-9(6-10)20-12(13,14)15/h3-4,6-7H,5H2,1-2H3,(H,16,17). The average Bonchev–Trinajstić information content (AvgIpc) is 2.24. The van der Waals surface area contributed by atoms with Crippen LogP contribution in [0.3, 0.4) is 0 Å². The second-order valence-electron chi connectivity index (χ2n) is 4.52. The summed E-state index contributed by atoms with van der Waals surface area (Å²) in [6, 6.07) is 2.61. The molecule has 0 amide bonds. The molecule has 9 heteroatoms. The van der Waals surface area contributed by atoms with Crippen LogP contribution in [0, 0.1) is 0 Å². The number of hydrogen-bond acceptors (Lipinski definition) is 4. The van der Waals surface area contributed by atoms with Crippen molar-refractivity contribution in [3.63, 3.8) is 0 Å². The van der Waals surface area contributed by atoms with Crippen LogP contribution in [0.4, 0.5) is 13.2 Å². The van der Waals surface area contributed by atoms with Gasteiger partial charge < -0.3 is 9.84 Å². The molecule has 0 aliphatic heterocycles. The number of benzene rings is 1. The van der Waals surface area contributed by atoms with Crippen molar-refractivity contribution in [2.45, 2.75) is 36.8 Å². The number of carbonyl (C=O) groups is 1. The van der Waals surface area contributed by atoms with Gasteiger partial charge in [0.25, 0.3) is 0 Å². The second-order valence-corrected chi connectivity index (χ2v) is 7.03. The monoisotopic (exact) mass is 326 g/mol. The molecule has 0 saturated carbocycles. The van der Waals surface area contributed by atoms with Gasteiger partial charge in [0.2, 0.25) is 0 Å². The Balaban J connectivity index is 3.37. The summed E-state index contributed by atoms with van der Waals surface area (Å²) in [5.74, 6) is -2.06. The van der Waals surface area contributed by atoms with Crippen LogP contribution in [-0.2, 0) is 21.1 Å². The van der Waals surface area contributed by atoms with Crippen molar-refractivity contribution >= 4 is 15.8 Å². The molecular formula is C12H13F3O5S. The van der Waals surface area contributed by atoms with Gasteiger partial charge in [0.1, 0.15) is 5.75 Å². The highest BCUT2D eigenvalue weighted by atomic mass is 32.2. The van der Waals surface area contributed by atoms with Gasteiger partial charge in [-0.2, -0.15) is 0 Å². The van der Waals surface area contributed by atoms with Crippen LogP contribution in [0.5, 0.6) is 5.75 Å². The van der Waals surface area contributed by atoms with E-state index >= 15 is 0 Å². The summed E-state index contributed by atoms with van der Waals surface area (Å²) >= 11 is 0. The lowest BCUT2D eigenvalue weighted by Gasteiger charge is -2.14. The molecular weight excluding hydrogens is 313 g/mol. The number of rotatable bonds is 5. The smallest absolute Gasteiger partial charge is 0.481 e. The van der Waals surface area contributed by atoms with Gasteiger partial charge in [0.05, 0.1) is 16.6 Å². The van der Waals surface area contributed by atoms with E-state index in [1.54, 1.807) is 0 Å². The Hall–Kier alpha value is -1.77. The highest BCUT2D eigenvalue weighted by molar-refractivity contribution is 7.92. The zero-order valence-corrected chi connectivity index (χ0v) is 12.0. The van der Waals surface area contributed by atoms with E-state index in [2.05, 4.69) is 4.74 Å². The van der Waals surface area contributed by atoms with Crippen molar-refractivity contribution in [2.24, 2.45) is 0 Å². The van der Waals surface area contributed by atoms with Gasteiger partial charge in [0, 0.05) is 0 Å². The Morgan fingerprint density at radius 1 is 1.29 bits per heavy atom. The van der Waals surface area contributed by atoms with E-state index in [1.807, 2.05) is 0 Å². The number of carboxylic acids is 1. The van der Waals surface area contributed by atoms with Crippen LogP contribution >= 0.6 is 0 Å². The number of alkyl halides is 3. The first-order valence-electron chi connectivity index (χ1n) is 5.77. The van der Waals surface area contributed by atoms with Crippen molar-refractivity contribution in [3.8, 4) is 5.75 Å². The molecule has 0 saturated heterocycles. The number of aliphatic carboxylic acids is 1. The van der Waals surface area contributed by atoms with Crippen LogP contribution in [0.2, 0.25) is 0 Å². The Morgan fingerprint density at radius 2 is 1.86 bits per heavy atom. The first kappa shape index (κ1) is 17.3. The fourth-order valence-corrected chi connectivity index (χ4v) is 2.68. The highest BCUT2D eigenvalue weighted by Crippen LogP contribution is 2.28. The van der Waals surface area contributed by atoms with E-state index in [0.717, 1.165) is 18.2 Å². The van der Waals surface area contributed by atoms with Gasteiger partial charge in [-0.1, -0.05) is 0 Å². The highest BCUT2D eigenvalue weighted by Gasteiger charge is 2.32. The molecule has 0 radical (unpaired) electrons. The number of hydrogen-bond donors (Lipinski definition) is 1. The van der Waals surface area contributed by atoms with Gasteiger partial charge in [-0.15, -0.1) is 13.2 Å². The third-order valence-electron chi connectivity index (χ3n) is 2.48. The molecule has 1 aromatic carbocycles. The van der Waals surface area contributed by atoms with Crippen molar-refractivity contribution in [1.82, 2.24) is 0 Å². The maximum absolute atomic E-state index is 12.2. The van der Waals surface area contributed by atoms with E-state index in [-0.39, 0.29) is 5.56 Å². The molecule has 0 aliphatic carbocycles. The topological polar surface area (TPSA) is 80.7 Å². The maximum atomic E-state index is 12.2. The third kappa shape index (κ3) is 4.92. The second kappa shape index (κ2) is 5.92. The molecule has 1 N–H and O–H groups in total. The van der Waals surface area contributed by atoms with Gasteiger partial charge in [-0.3, -0.25) is 4.79 Å². The van der Waals surface area contributed by atoms with E-state index in [4.69, 9.17) is 5.11 Å². The van der Waals surface area contributed by atoms with Gasteiger partial charge in [-0.05, 0) is 37.6 Å². The normalized spacial score (nSPS) is 12.5. The van der Waals surface area contributed by atoms with Crippen molar-refractivity contribution in [3.05, 3.63) is 23.8 Å². The molecule has 118 valence electrons. The largest absolute Gasteiger partial charge is 0.573 e. The summed E-state index contributed by atoms with van der Waals surface area (Å²) < 4.78 is 64.4. The van der Waals surface area contributed by atoms with E-state index in [1.165, 1.54) is 13.8 Å². The molecule has 0 spiro atoms. The maximum Gasteiger partial charge on any atom is 0.573 e. The van der Waals surface area contributed by atoms with Gasteiger partial charge in [-0.25, -0.2) is 8.42 Å². The zero-order chi connectivity index (χ0) is 16.4. The summed E-state index contributed by atoms with van der Waals surface area (Å²) in [5.41, 5.74) is -0.0940. The van der Waals surface area contributed by atoms with Crippen LogP contribution in [0.1, 0.15) is 19.4 Å². The molecule has 0 heterocycles. The minimum atomic E-state index is -5.00. The number of carboxylic acid groups (broad SMARTS) is 1. The Bertz CT molecular complexity index is 635. The Labute approximate surface area is 119 Å². The van der Waals surface area contributed by atoms with Crippen LogP contribution in [0.25, 0.3) is 0 Å². The Morgan fingerprint density at radius 3 is 2.29 bits per heavy atom. The third-order valence-corrected chi connectivity index (χ3v) is 4.61. The molecule has 1 rings (SSSR count). The predicted molar refractivity (Wildman–Crippen MR) is 66.8 cm³/mol. The first-order valence-corrected chi connectivity index (χ1v) is 7.32. The fraction of sp³-hybridized carbons (Fsp3) is 0.417. The van der Waals surface area contributed by atoms with Gasteiger partial charge in [0.15, 0.2) is 9.84 Å². The summed E-state index contributed by atoms with van der Waals surface area (Å²) in [7, 11) is -3.85. The van der Waals surface area contributed by atoms with Crippen LogP contribution in [0.15, 0.2) is 23.1 Å². The SMILES string of the molecule is CC(C)S(=O)(=O)c1cc(CC(=O)O)cc(OC(F)(F)F)c1. The quantitative estimate of drug-likeness (QED) is 0.898. The molecule has 0 unspecified atom stereocenters. The molecule has 0 aliphatic rings. The summed E-state index contributed by atoms with van der Waals surface area (Å²) in [6.45, 7) is 2.73. The molecule has 0 fully saturated rings. The minimum Gasteiger partial charge on any atom is -0.481 e. The van der Waals surface area contributed by atoms with Crippen LogP contribution in [-0.4, -0.2) is 31.1 Å². The lowest BCUT2D eigenvalue weighted by molar-refractivity contribution is -0.274. The molecule has 0 bridgehead atoms. The lowest BCUT2D eigenvalue weighted by Crippen LogP contribution is -2.19. The summed E-state index contributed by atoms with van der Waals surface area (Å²) in [5, 5.41) is 7.82. The van der Waals surface area contributed by atoms with E-state index < -0.39 is 44.5 Å². The Kier molecular flexibility index (Phi) is 4.87. The zero-order valence-electron chi connectivity index (χ0n) is 11.1. The first-order chi connectivity index (χ1) is 9.41. The number of halogens is 3. The average molecular weight is 326 g/mol.